The zero-order chi connectivity index (χ0) is 20.4. The smallest absolute Gasteiger partial charge is 0.339 e. The average molecular weight is 387 g/mol. The molecule has 0 saturated heterocycles. The number of esters is 1. The van der Waals surface area contributed by atoms with E-state index in [4.69, 9.17) is 4.74 Å². The van der Waals surface area contributed by atoms with Crippen molar-refractivity contribution in [3.63, 3.8) is 0 Å². The summed E-state index contributed by atoms with van der Waals surface area (Å²) >= 11 is 0. The van der Waals surface area contributed by atoms with Gasteiger partial charge in [-0.25, -0.2) is 9.78 Å². The van der Waals surface area contributed by atoms with Gasteiger partial charge in [0.05, 0.1) is 24.1 Å². The molecule has 4 aromatic rings. The Hall–Kier alpha value is -4.07. The second-order valence-electron chi connectivity index (χ2n) is 6.29. The molecule has 1 N–H and O–H groups in total. The molecule has 0 atom stereocenters. The van der Waals surface area contributed by atoms with E-state index in [-0.39, 0.29) is 11.4 Å². The van der Waals surface area contributed by atoms with Crippen molar-refractivity contribution in [1.29, 1.82) is 0 Å². The maximum Gasteiger partial charge on any atom is 0.339 e. The molecule has 0 aliphatic carbocycles. The van der Waals surface area contributed by atoms with Gasteiger partial charge in [0.1, 0.15) is 0 Å². The van der Waals surface area contributed by atoms with Crippen molar-refractivity contribution >= 4 is 23.3 Å². The third kappa shape index (κ3) is 3.55. The lowest BCUT2D eigenvalue weighted by Crippen LogP contribution is -2.17. The summed E-state index contributed by atoms with van der Waals surface area (Å²) in [7, 11) is 1.28. The first-order valence-corrected chi connectivity index (χ1v) is 8.85. The Kier molecular flexibility index (Phi) is 4.74. The van der Waals surface area contributed by atoms with Crippen LogP contribution in [0.25, 0.3) is 17.0 Å². The molecule has 2 aromatic carbocycles. The van der Waals surface area contributed by atoms with E-state index in [1.807, 2.05) is 43.3 Å². The van der Waals surface area contributed by atoms with Crippen molar-refractivity contribution in [1.82, 2.24) is 19.6 Å². The first-order chi connectivity index (χ1) is 14.1. The molecule has 144 valence electrons. The van der Waals surface area contributed by atoms with Gasteiger partial charge in [-0.1, -0.05) is 42.5 Å². The molecule has 0 fully saturated rings. The molecular weight excluding hydrogens is 370 g/mol. The first kappa shape index (κ1) is 18.3. The molecule has 1 amide bonds. The number of aryl methyl sites for hydroxylation is 1. The molecule has 0 bridgehead atoms. The van der Waals surface area contributed by atoms with Crippen LogP contribution in [0.15, 0.2) is 60.7 Å². The lowest BCUT2D eigenvalue weighted by molar-refractivity contribution is 0.0602. The Morgan fingerprint density at radius 2 is 1.72 bits per heavy atom. The second kappa shape index (κ2) is 7.51. The van der Waals surface area contributed by atoms with Gasteiger partial charge in [-0.15, -0.1) is 5.10 Å². The number of carbonyl (C=O) groups is 2. The summed E-state index contributed by atoms with van der Waals surface area (Å²) in [4.78, 5) is 33.3. The van der Waals surface area contributed by atoms with Gasteiger partial charge >= 0.3 is 5.97 Å². The number of carbonyl (C=O) groups excluding carboxylic acids is 2. The van der Waals surface area contributed by atoms with Gasteiger partial charge in [0, 0.05) is 11.3 Å². The Morgan fingerprint density at radius 1 is 1.00 bits per heavy atom. The van der Waals surface area contributed by atoms with E-state index in [0.717, 1.165) is 17.0 Å². The molecule has 0 aliphatic heterocycles. The molecule has 0 spiro atoms. The van der Waals surface area contributed by atoms with Crippen LogP contribution in [0.3, 0.4) is 0 Å². The predicted octanol–water partition coefficient (Wildman–Crippen LogP) is 3.14. The maximum absolute atomic E-state index is 12.8. The summed E-state index contributed by atoms with van der Waals surface area (Å²) in [5, 5.41) is 7.01. The molecule has 8 heteroatoms. The molecule has 0 unspecified atom stereocenters. The lowest BCUT2D eigenvalue weighted by atomic mass is 10.1. The molecular formula is C21H17N5O3. The van der Waals surface area contributed by atoms with E-state index < -0.39 is 11.9 Å². The number of anilines is 1. The summed E-state index contributed by atoms with van der Waals surface area (Å²) in [5.41, 5.74) is 3.01. The minimum absolute atomic E-state index is 0.0556. The van der Waals surface area contributed by atoms with Crippen LogP contribution in [-0.4, -0.2) is 38.6 Å². The van der Waals surface area contributed by atoms with Gasteiger partial charge in [0.15, 0.2) is 0 Å². The predicted molar refractivity (Wildman–Crippen MR) is 107 cm³/mol. The highest BCUT2D eigenvalue weighted by Gasteiger charge is 2.19. The summed E-state index contributed by atoms with van der Waals surface area (Å²) in [6, 6.07) is 18.1. The number of benzene rings is 2. The number of methoxy groups -OCH3 is 1. The molecule has 2 heterocycles. The molecule has 0 radical (unpaired) electrons. The Bertz CT molecular complexity index is 1220. The van der Waals surface area contributed by atoms with Gasteiger partial charge in [0.25, 0.3) is 11.7 Å². The van der Waals surface area contributed by atoms with Crippen molar-refractivity contribution in [3.8, 4) is 11.3 Å². The van der Waals surface area contributed by atoms with Gasteiger partial charge in [-0.3, -0.25) is 4.79 Å². The zero-order valence-electron chi connectivity index (χ0n) is 15.8. The Balaban J connectivity index is 1.73. The van der Waals surface area contributed by atoms with E-state index in [1.165, 1.54) is 11.6 Å². The van der Waals surface area contributed by atoms with Crippen LogP contribution in [0.4, 0.5) is 5.69 Å². The number of rotatable bonds is 4. The average Bonchev–Trinajstić information content (AvgIpc) is 3.17. The highest BCUT2D eigenvalue weighted by atomic mass is 16.5. The van der Waals surface area contributed by atoms with Crippen LogP contribution in [0.5, 0.6) is 0 Å². The summed E-state index contributed by atoms with van der Waals surface area (Å²) < 4.78 is 6.29. The lowest BCUT2D eigenvalue weighted by Gasteiger charge is -2.07. The standard InChI is InChI=1S/C21H17N5O3/c1-13-12-17(14-8-4-3-5-9-14)26-21(22-13)24-18(25-26)19(27)23-16-11-7-6-10-15(16)20(28)29-2/h3-12H,1-2H3,(H,23,27). The molecule has 29 heavy (non-hydrogen) atoms. The minimum atomic E-state index is -0.552. The van der Waals surface area contributed by atoms with E-state index in [0.29, 0.717) is 11.5 Å². The van der Waals surface area contributed by atoms with Crippen LogP contribution in [0, 0.1) is 6.92 Å². The van der Waals surface area contributed by atoms with Crippen LogP contribution < -0.4 is 5.32 Å². The van der Waals surface area contributed by atoms with E-state index in [2.05, 4.69) is 20.4 Å². The Labute approximate surface area is 166 Å². The molecule has 0 aliphatic rings. The van der Waals surface area contributed by atoms with Gasteiger partial charge < -0.3 is 10.1 Å². The molecule has 8 nitrogen and oxygen atoms in total. The first-order valence-electron chi connectivity index (χ1n) is 8.85. The molecule has 4 rings (SSSR count). The topological polar surface area (TPSA) is 98.5 Å². The van der Waals surface area contributed by atoms with Crippen LogP contribution in [0.2, 0.25) is 0 Å². The van der Waals surface area contributed by atoms with Crippen molar-refractivity contribution in [2.45, 2.75) is 6.92 Å². The number of hydrogen-bond acceptors (Lipinski definition) is 6. The largest absolute Gasteiger partial charge is 0.465 e. The fourth-order valence-electron chi connectivity index (χ4n) is 2.96. The van der Waals surface area contributed by atoms with Gasteiger partial charge in [-0.05, 0) is 25.1 Å². The number of nitrogens with one attached hydrogen (secondary N) is 1. The van der Waals surface area contributed by atoms with Crippen LogP contribution in [-0.2, 0) is 4.74 Å². The van der Waals surface area contributed by atoms with Gasteiger partial charge in [0.2, 0.25) is 5.82 Å². The van der Waals surface area contributed by atoms with Crippen molar-refractivity contribution in [3.05, 3.63) is 77.7 Å². The van der Waals surface area contributed by atoms with E-state index in [1.54, 1.807) is 24.3 Å². The summed E-state index contributed by atoms with van der Waals surface area (Å²) in [6.07, 6.45) is 0. The molecule has 2 aromatic heterocycles. The zero-order valence-corrected chi connectivity index (χ0v) is 15.8. The second-order valence-corrected chi connectivity index (χ2v) is 6.29. The number of amides is 1. The number of aromatic nitrogens is 4. The highest BCUT2D eigenvalue weighted by molar-refractivity contribution is 6.06. The summed E-state index contributed by atoms with van der Waals surface area (Å²) in [5.74, 6) is -0.841. The van der Waals surface area contributed by atoms with Crippen molar-refractivity contribution in [2.75, 3.05) is 12.4 Å². The van der Waals surface area contributed by atoms with Crippen molar-refractivity contribution in [2.24, 2.45) is 0 Å². The summed E-state index contributed by atoms with van der Waals surface area (Å²) in [6.45, 7) is 1.85. The van der Waals surface area contributed by atoms with Gasteiger partial charge in [-0.2, -0.15) is 9.50 Å². The quantitative estimate of drug-likeness (QED) is 0.540. The highest BCUT2D eigenvalue weighted by Crippen LogP contribution is 2.21. The number of ether oxygens (including phenoxy) is 1. The Morgan fingerprint density at radius 3 is 2.48 bits per heavy atom. The van der Waals surface area contributed by atoms with Crippen LogP contribution in [0.1, 0.15) is 26.7 Å². The molecule has 0 saturated carbocycles. The fourth-order valence-corrected chi connectivity index (χ4v) is 2.96. The van der Waals surface area contributed by atoms with E-state index in [9.17, 15) is 9.59 Å². The number of nitrogens with zero attached hydrogens (tertiary/aromatic N) is 4. The minimum Gasteiger partial charge on any atom is -0.465 e. The van der Waals surface area contributed by atoms with E-state index >= 15 is 0 Å². The fraction of sp³-hybridized carbons (Fsp3) is 0.0952. The number of fused-ring (bicyclic) bond motifs is 1. The normalized spacial score (nSPS) is 10.7. The third-order valence-corrected chi connectivity index (χ3v) is 4.29. The SMILES string of the molecule is COC(=O)c1ccccc1NC(=O)c1nc2nc(C)cc(-c3ccccc3)n2n1. The third-order valence-electron chi connectivity index (χ3n) is 4.29. The maximum atomic E-state index is 12.8. The van der Waals surface area contributed by atoms with Crippen LogP contribution >= 0.6 is 0 Å². The van der Waals surface area contributed by atoms with Crippen molar-refractivity contribution < 1.29 is 14.3 Å². The monoisotopic (exact) mass is 387 g/mol. The number of hydrogen-bond donors (Lipinski definition) is 1. The number of para-hydroxylation sites is 1.